The molecule has 0 bridgehead atoms. The van der Waals surface area contributed by atoms with Gasteiger partial charge in [-0.15, -0.1) is 6.08 Å². The Morgan fingerprint density at radius 2 is 2.33 bits per heavy atom. The first-order valence-corrected chi connectivity index (χ1v) is 4.41. The zero-order valence-electron chi connectivity index (χ0n) is 9.17. The van der Waals surface area contributed by atoms with Crippen molar-refractivity contribution in [1.29, 1.82) is 0 Å². The molecule has 0 unspecified atom stereocenters. The summed E-state index contributed by atoms with van der Waals surface area (Å²) < 4.78 is 5.63. The van der Waals surface area contributed by atoms with Gasteiger partial charge in [0.2, 0.25) is 0 Å². The van der Waals surface area contributed by atoms with E-state index in [0.29, 0.717) is 6.61 Å². The van der Waals surface area contributed by atoms with Crippen molar-refractivity contribution in [2.24, 2.45) is 5.92 Å². The van der Waals surface area contributed by atoms with Crippen LogP contribution in [-0.2, 0) is 29.0 Å². The van der Waals surface area contributed by atoms with Crippen molar-refractivity contribution in [2.75, 3.05) is 6.61 Å². The molecule has 2 atom stereocenters. The van der Waals surface area contributed by atoms with E-state index in [0.717, 1.165) is 5.57 Å². The fourth-order valence-corrected chi connectivity index (χ4v) is 1.87. The van der Waals surface area contributed by atoms with Crippen LogP contribution in [0.3, 0.4) is 0 Å². The monoisotopic (exact) mass is 294 g/mol. The first-order chi connectivity index (χ1) is 6.15. The summed E-state index contributed by atoms with van der Waals surface area (Å²) in [7, 11) is 0. The standard InChI is InChI=1S/C11H12O2.CH3.Rh/c1-3-8-7-13-11(2)5-4-9(12)6-10(8)11;;/h4-6,10H,7H2,1-2H3;1H3;/q-2;-1;+3/t10-,11-;;/m0../s1. The van der Waals surface area contributed by atoms with E-state index in [1.54, 1.807) is 12.5 Å². The van der Waals surface area contributed by atoms with Crippen molar-refractivity contribution in [1.82, 2.24) is 0 Å². The average Bonchev–Trinajstić information content (AvgIpc) is 2.43. The second-order valence-corrected chi connectivity index (χ2v) is 3.63. The Morgan fingerprint density at radius 1 is 1.67 bits per heavy atom. The molecule has 0 aromatic heterocycles. The number of fused-ring (bicyclic) bond motifs is 1. The molecule has 0 aromatic carbocycles. The van der Waals surface area contributed by atoms with Crippen LogP contribution in [0, 0.1) is 25.8 Å². The number of ether oxygens (including phenoxy) is 1. The van der Waals surface area contributed by atoms with Crippen molar-refractivity contribution < 1.29 is 29.0 Å². The van der Waals surface area contributed by atoms with Crippen LogP contribution >= 0.6 is 0 Å². The van der Waals surface area contributed by atoms with Gasteiger partial charge >= 0.3 is 19.5 Å². The second-order valence-electron chi connectivity index (χ2n) is 3.63. The van der Waals surface area contributed by atoms with Gasteiger partial charge in [0.05, 0.1) is 5.60 Å². The minimum absolute atomic E-state index is 0. The minimum atomic E-state index is -0.313. The molecule has 3 heteroatoms. The van der Waals surface area contributed by atoms with Crippen LogP contribution in [0.25, 0.3) is 0 Å². The quantitative estimate of drug-likeness (QED) is 0.504. The van der Waals surface area contributed by atoms with Crippen molar-refractivity contribution in [3.05, 3.63) is 37.6 Å². The fraction of sp³-hybridized carbons (Fsp3) is 0.417. The summed E-state index contributed by atoms with van der Waals surface area (Å²) in [5, 5.41) is 0. The van der Waals surface area contributed by atoms with Crippen molar-refractivity contribution in [2.45, 2.75) is 19.4 Å². The zero-order valence-corrected chi connectivity index (χ0v) is 10.8. The maximum atomic E-state index is 11.2. The Hall–Kier alpha value is -0.397. The summed E-state index contributed by atoms with van der Waals surface area (Å²) in [6.45, 7) is 4.45. The SMILES string of the molecule is C[C-]=C1CO[C@@]2(C)C=CC(=O)[CH-][C@@H]12.[CH3-].[Rh+3]. The van der Waals surface area contributed by atoms with Crippen LogP contribution in [0.4, 0.5) is 0 Å². The molecule has 1 heterocycles. The molecule has 0 amide bonds. The molecular formula is C12H15O2Rh. The Kier molecular flexibility index (Phi) is 4.96. The van der Waals surface area contributed by atoms with E-state index in [1.807, 2.05) is 19.9 Å². The molecule has 0 saturated carbocycles. The molecule has 84 valence electrons. The van der Waals surface area contributed by atoms with Gasteiger partial charge in [0.25, 0.3) is 0 Å². The predicted octanol–water partition coefficient (Wildman–Crippen LogP) is 1.93. The van der Waals surface area contributed by atoms with Crippen LogP contribution in [0.15, 0.2) is 17.7 Å². The fourth-order valence-electron chi connectivity index (χ4n) is 1.87. The predicted molar refractivity (Wildman–Crippen MR) is 55.1 cm³/mol. The summed E-state index contributed by atoms with van der Waals surface area (Å²) in [6.07, 6.45) is 8.23. The van der Waals surface area contributed by atoms with Crippen LogP contribution in [0.5, 0.6) is 0 Å². The van der Waals surface area contributed by atoms with E-state index >= 15 is 0 Å². The first kappa shape index (κ1) is 14.6. The van der Waals surface area contributed by atoms with Gasteiger partial charge in [-0.2, -0.15) is 19.4 Å². The molecule has 0 radical (unpaired) electrons. The van der Waals surface area contributed by atoms with Gasteiger partial charge in [0.1, 0.15) is 0 Å². The number of carbonyl (C=O) groups excluding carboxylic acids is 1. The molecule has 1 fully saturated rings. The van der Waals surface area contributed by atoms with Crippen LogP contribution < -0.4 is 0 Å². The summed E-state index contributed by atoms with van der Waals surface area (Å²) in [5.74, 6) is 0.163. The number of carbonyl (C=O) groups is 1. The number of hydrogen-bond acceptors (Lipinski definition) is 2. The van der Waals surface area contributed by atoms with Gasteiger partial charge in [-0.25, -0.2) is 5.57 Å². The smallest absolute Gasteiger partial charge is 0.499 e. The van der Waals surface area contributed by atoms with Gasteiger partial charge in [0.15, 0.2) is 0 Å². The van der Waals surface area contributed by atoms with E-state index in [9.17, 15) is 4.79 Å². The molecule has 2 rings (SSSR count). The van der Waals surface area contributed by atoms with E-state index in [-0.39, 0.29) is 44.2 Å². The largest absolute Gasteiger partial charge is 3.00 e. The maximum Gasteiger partial charge on any atom is 3.00 e. The molecule has 2 nitrogen and oxygen atoms in total. The number of allylic oxidation sites excluding steroid dienone is 2. The molecule has 0 spiro atoms. The summed E-state index contributed by atoms with van der Waals surface area (Å²) in [6, 6.07) is 0. The third-order valence-electron chi connectivity index (χ3n) is 2.76. The Balaban J connectivity index is 0.000000980. The zero-order chi connectivity index (χ0) is 9.47. The van der Waals surface area contributed by atoms with Crippen LogP contribution in [0.2, 0.25) is 0 Å². The van der Waals surface area contributed by atoms with Crippen molar-refractivity contribution >= 4 is 5.78 Å². The molecule has 1 saturated heterocycles. The third kappa shape index (κ3) is 2.40. The molecule has 2 aliphatic rings. The molecule has 1 aliphatic heterocycles. The van der Waals surface area contributed by atoms with Gasteiger partial charge in [0, 0.05) is 12.4 Å². The molecule has 15 heavy (non-hydrogen) atoms. The van der Waals surface area contributed by atoms with Gasteiger partial charge in [-0.05, 0) is 6.92 Å². The van der Waals surface area contributed by atoms with Crippen LogP contribution in [0.1, 0.15) is 13.8 Å². The Labute approximate surface area is 105 Å². The van der Waals surface area contributed by atoms with Gasteiger partial charge in [-0.1, -0.05) is 5.92 Å². The molecule has 1 aliphatic carbocycles. The Morgan fingerprint density at radius 3 is 2.93 bits per heavy atom. The van der Waals surface area contributed by atoms with Gasteiger partial charge < -0.3 is 23.0 Å². The number of ketones is 1. The van der Waals surface area contributed by atoms with E-state index in [2.05, 4.69) is 6.08 Å². The summed E-state index contributed by atoms with van der Waals surface area (Å²) in [5.41, 5.74) is 0.770. The summed E-state index contributed by atoms with van der Waals surface area (Å²) in [4.78, 5) is 11.2. The summed E-state index contributed by atoms with van der Waals surface area (Å²) >= 11 is 0. The number of rotatable bonds is 0. The van der Waals surface area contributed by atoms with Crippen molar-refractivity contribution in [3.63, 3.8) is 0 Å². The Bertz CT molecular complexity index is 307. The average molecular weight is 294 g/mol. The van der Waals surface area contributed by atoms with E-state index in [1.165, 1.54) is 0 Å². The van der Waals surface area contributed by atoms with E-state index < -0.39 is 0 Å². The van der Waals surface area contributed by atoms with E-state index in [4.69, 9.17) is 4.74 Å². The van der Waals surface area contributed by atoms with Crippen LogP contribution in [-0.4, -0.2) is 18.0 Å². The molecular weight excluding hydrogens is 279 g/mol. The second kappa shape index (κ2) is 5.09. The van der Waals surface area contributed by atoms with Gasteiger partial charge in [-0.3, -0.25) is 0 Å². The maximum absolute atomic E-state index is 11.2. The number of hydrogen-bond donors (Lipinski definition) is 0. The topological polar surface area (TPSA) is 26.3 Å². The first-order valence-electron chi connectivity index (χ1n) is 4.41. The normalized spacial score (nSPS) is 35.2. The molecule has 0 N–H and O–H groups in total. The minimum Gasteiger partial charge on any atom is -0.499 e. The molecule has 0 aromatic rings. The third-order valence-corrected chi connectivity index (χ3v) is 2.76. The van der Waals surface area contributed by atoms with Crippen molar-refractivity contribution in [3.8, 4) is 0 Å².